The number of nitrogens with zero attached hydrogens (tertiary/aromatic N) is 5. The Morgan fingerprint density at radius 3 is 2.92 bits per heavy atom. The van der Waals surface area contributed by atoms with Crippen LogP contribution in [0.25, 0.3) is 5.69 Å². The Bertz CT molecular complexity index is 801. The van der Waals surface area contributed by atoms with Crippen LogP contribution in [0.2, 0.25) is 0 Å². The van der Waals surface area contributed by atoms with Crippen molar-refractivity contribution in [2.24, 2.45) is 0 Å². The molecule has 3 rings (SSSR count). The minimum absolute atomic E-state index is 0.0987. The summed E-state index contributed by atoms with van der Waals surface area (Å²) in [5.41, 5.74) is 0.914. The summed E-state index contributed by atoms with van der Waals surface area (Å²) in [7, 11) is 0. The zero-order chi connectivity index (χ0) is 16.8. The molecule has 8 nitrogen and oxygen atoms in total. The maximum absolute atomic E-state index is 11.8. The van der Waals surface area contributed by atoms with Gasteiger partial charge in [0.15, 0.2) is 11.6 Å². The van der Waals surface area contributed by atoms with Gasteiger partial charge in [0.25, 0.3) is 0 Å². The fourth-order valence-corrected chi connectivity index (χ4v) is 2.86. The highest BCUT2D eigenvalue weighted by molar-refractivity contribution is 7.98. The van der Waals surface area contributed by atoms with E-state index >= 15 is 0 Å². The Kier molecular flexibility index (Phi) is 5.22. The minimum atomic E-state index is -0.0987. The highest BCUT2D eigenvalue weighted by atomic mass is 32.2. The molecule has 0 unspecified atom stereocenters. The van der Waals surface area contributed by atoms with Gasteiger partial charge in [-0.1, -0.05) is 23.4 Å². The van der Waals surface area contributed by atoms with Gasteiger partial charge in [-0.05, 0) is 29.5 Å². The van der Waals surface area contributed by atoms with E-state index in [4.69, 9.17) is 4.52 Å². The monoisotopic (exact) mass is 344 g/mol. The average molecular weight is 344 g/mol. The molecule has 2 aromatic heterocycles. The smallest absolute Gasteiger partial charge is 0.226 e. The number of carbonyl (C=O) groups is 1. The van der Waals surface area contributed by atoms with Crippen LogP contribution >= 0.6 is 11.8 Å². The molecule has 0 radical (unpaired) electrons. The third-order valence-corrected chi connectivity index (χ3v) is 4.09. The molecular weight excluding hydrogens is 328 g/mol. The van der Waals surface area contributed by atoms with Crippen LogP contribution in [0.1, 0.15) is 18.0 Å². The maximum Gasteiger partial charge on any atom is 0.226 e. The molecule has 24 heavy (non-hydrogen) atoms. The number of aryl methyl sites for hydroxylation is 1. The molecule has 0 aliphatic carbocycles. The Balaban J connectivity index is 1.46. The van der Waals surface area contributed by atoms with Crippen molar-refractivity contribution in [1.82, 2.24) is 25.4 Å². The number of aromatic nitrogens is 5. The predicted octanol–water partition coefficient (Wildman–Crippen LogP) is 2.22. The van der Waals surface area contributed by atoms with Crippen LogP contribution in [-0.4, -0.2) is 37.0 Å². The fourth-order valence-electron chi connectivity index (χ4n) is 2.02. The molecule has 0 bridgehead atoms. The number of nitrogens with one attached hydrogen (secondary N) is 1. The zero-order valence-corrected chi connectivity index (χ0v) is 13.9. The molecule has 3 aromatic rings. The number of benzene rings is 1. The molecule has 0 saturated heterocycles. The lowest BCUT2D eigenvalue weighted by Gasteiger charge is -2.04. The van der Waals surface area contributed by atoms with Crippen LogP contribution in [0.4, 0.5) is 5.82 Å². The number of amides is 1. The molecule has 124 valence electrons. The summed E-state index contributed by atoms with van der Waals surface area (Å²) < 4.78 is 6.60. The van der Waals surface area contributed by atoms with E-state index in [0.717, 1.165) is 11.5 Å². The van der Waals surface area contributed by atoms with E-state index in [0.29, 0.717) is 29.5 Å². The first kappa shape index (κ1) is 16.2. The second kappa shape index (κ2) is 7.73. The van der Waals surface area contributed by atoms with Gasteiger partial charge in [-0.2, -0.15) is 16.4 Å². The fraction of sp³-hybridized carbons (Fsp3) is 0.267. The molecule has 1 amide bonds. The van der Waals surface area contributed by atoms with Crippen LogP contribution in [-0.2, 0) is 10.5 Å². The molecule has 0 fully saturated rings. The van der Waals surface area contributed by atoms with Crippen molar-refractivity contribution in [2.45, 2.75) is 19.1 Å². The number of anilines is 1. The molecule has 0 spiro atoms. The van der Waals surface area contributed by atoms with Crippen LogP contribution in [0.3, 0.4) is 0 Å². The van der Waals surface area contributed by atoms with Crippen molar-refractivity contribution in [3.63, 3.8) is 0 Å². The first-order valence-electron chi connectivity index (χ1n) is 7.36. The first-order valence-corrected chi connectivity index (χ1v) is 8.51. The van der Waals surface area contributed by atoms with E-state index in [9.17, 15) is 4.79 Å². The average Bonchev–Trinajstić information content (AvgIpc) is 3.21. The number of para-hydroxylation sites is 1. The summed E-state index contributed by atoms with van der Waals surface area (Å²) in [4.78, 5) is 11.8. The third-order valence-electron chi connectivity index (χ3n) is 3.13. The number of hydrogen-bond acceptors (Lipinski definition) is 7. The molecule has 2 heterocycles. The van der Waals surface area contributed by atoms with Crippen LogP contribution in [0.15, 0.2) is 40.9 Å². The molecule has 0 saturated carbocycles. The van der Waals surface area contributed by atoms with Gasteiger partial charge >= 0.3 is 0 Å². The lowest BCUT2D eigenvalue weighted by molar-refractivity contribution is -0.115. The summed E-state index contributed by atoms with van der Waals surface area (Å²) in [6, 6.07) is 11.4. The second-order valence-electron chi connectivity index (χ2n) is 5.02. The molecule has 1 aromatic carbocycles. The zero-order valence-electron chi connectivity index (χ0n) is 13.0. The van der Waals surface area contributed by atoms with Crippen LogP contribution in [0, 0.1) is 6.92 Å². The Morgan fingerprint density at radius 1 is 1.33 bits per heavy atom. The van der Waals surface area contributed by atoms with Crippen molar-refractivity contribution in [1.29, 1.82) is 0 Å². The molecule has 1 N–H and O–H groups in total. The van der Waals surface area contributed by atoms with E-state index in [-0.39, 0.29) is 5.91 Å². The largest absolute Gasteiger partial charge is 0.360 e. The Morgan fingerprint density at radius 2 is 2.17 bits per heavy atom. The molecule has 0 aliphatic heterocycles. The van der Waals surface area contributed by atoms with Gasteiger partial charge in [0, 0.05) is 18.2 Å². The summed E-state index contributed by atoms with van der Waals surface area (Å²) in [5, 5.41) is 18.2. The maximum atomic E-state index is 11.8. The second-order valence-corrected chi connectivity index (χ2v) is 6.12. The lowest BCUT2D eigenvalue weighted by Crippen LogP contribution is -2.12. The number of hydrogen-bond donors (Lipinski definition) is 1. The van der Waals surface area contributed by atoms with E-state index < -0.39 is 0 Å². The minimum Gasteiger partial charge on any atom is -0.360 e. The topological polar surface area (TPSA) is 98.7 Å². The van der Waals surface area contributed by atoms with Gasteiger partial charge < -0.3 is 9.84 Å². The van der Waals surface area contributed by atoms with E-state index in [1.165, 1.54) is 0 Å². The van der Waals surface area contributed by atoms with Gasteiger partial charge in [-0.15, -0.1) is 5.10 Å². The van der Waals surface area contributed by atoms with Gasteiger partial charge in [-0.25, -0.2) is 0 Å². The highest BCUT2D eigenvalue weighted by Gasteiger charge is 2.09. The quantitative estimate of drug-likeness (QED) is 0.656. The number of thioether (sulfide) groups is 1. The number of tetrazole rings is 1. The van der Waals surface area contributed by atoms with Gasteiger partial charge in [-0.3, -0.25) is 4.79 Å². The van der Waals surface area contributed by atoms with Crippen molar-refractivity contribution < 1.29 is 9.32 Å². The summed E-state index contributed by atoms with van der Waals surface area (Å²) >= 11 is 1.60. The predicted molar refractivity (Wildman–Crippen MR) is 89.8 cm³/mol. The molecule has 9 heteroatoms. The summed E-state index contributed by atoms with van der Waals surface area (Å²) in [6.07, 6.45) is 0.378. The number of rotatable bonds is 7. The van der Waals surface area contributed by atoms with Crippen LogP contribution in [0.5, 0.6) is 0 Å². The SMILES string of the molecule is Cc1cc(NC(=O)CCSCc2nnnn2-c2ccccc2)no1. The van der Waals surface area contributed by atoms with Crippen LogP contribution < -0.4 is 5.32 Å². The summed E-state index contributed by atoms with van der Waals surface area (Å²) in [5.74, 6) is 3.03. The summed E-state index contributed by atoms with van der Waals surface area (Å²) in [6.45, 7) is 1.77. The number of carbonyl (C=O) groups excluding carboxylic acids is 1. The van der Waals surface area contributed by atoms with Gasteiger partial charge in [0.05, 0.1) is 11.4 Å². The third kappa shape index (κ3) is 4.19. The van der Waals surface area contributed by atoms with Crippen molar-refractivity contribution in [3.8, 4) is 5.69 Å². The van der Waals surface area contributed by atoms with Gasteiger partial charge in [0.1, 0.15) is 5.76 Å². The van der Waals surface area contributed by atoms with E-state index in [2.05, 4.69) is 26.0 Å². The molecular formula is C15H16N6O2S. The normalized spacial score (nSPS) is 10.7. The molecule has 0 atom stereocenters. The van der Waals surface area contributed by atoms with Crippen molar-refractivity contribution in [3.05, 3.63) is 48.0 Å². The molecule has 0 aliphatic rings. The van der Waals surface area contributed by atoms with E-state index in [1.54, 1.807) is 29.4 Å². The van der Waals surface area contributed by atoms with E-state index in [1.807, 2.05) is 30.3 Å². The highest BCUT2D eigenvalue weighted by Crippen LogP contribution is 2.15. The van der Waals surface area contributed by atoms with Gasteiger partial charge in [0.2, 0.25) is 5.91 Å². The van der Waals surface area contributed by atoms with Crippen molar-refractivity contribution >= 4 is 23.5 Å². The Labute approximate surface area is 142 Å². The first-order chi connectivity index (χ1) is 11.7. The Hall–Kier alpha value is -2.68. The standard InChI is InChI=1S/C15H16N6O2S/c1-11-9-13(18-23-11)16-15(22)7-8-24-10-14-17-19-20-21(14)12-5-3-2-4-6-12/h2-6,9H,7-8,10H2,1H3,(H,16,18,22). The van der Waals surface area contributed by atoms with Crippen molar-refractivity contribution in [2.75, 3.05) is 11.1 Å². The lowest BCUT2D eigenvalue weighted by atomic mass is 10.3.